The van der Waals surface area contributed by atoms with Crippen LogP contribution in [0, 0.1) is 11.8 Å². The zero-order valence-electron chi connectivity index (χ0n) is 9.24. The number of hydrazone groups is 1. The van der Waals surface area contributed by atoms with Crippen LogP contribution in [0.1, 0.15) is 39.5 Å². The van der Waals surface area contributed by atoms with E-state index < -0.39 is 0 Å². The largest absolute Gasteiger partial charge is 0.394 e. The van der Waals surface area contributed by atoms with Crippen LogP contribution in [0.5, 0.6) is 0 Å². The van der Waals surface area contributed by atoms with E-state index in [0.29, 0.717) is 5.92 Å². The molecule has 14 heavy (non-hydrogen) atoms. The van der Waals surface area contributed by atoms with Gasteiger partial charge in [-0.1, -0.05) is 19.8 Å². The number of nitrogens with one attached hydrogen (secondary N) is 1. The molecular formula is C11H22N2O. The molecule has 0 spiro atoms. The number of nitrogens with zero attached hydrogens (tertiary/aromatic N) is 1. The molecule has 1 fully saturated rings. The molecule has 0 aromatic rings. The van der Waals surface area contributed by atoms with Crippen molar-refractivity contribution in [1.82, 2.24) is 5.43 Å². The number of aliphatic hydroxyl groups is 1. The molecule has 1 saturated carbocycles. The van der Waals surface area contributed by atoms with E-state index in [4.69, 9.17) is 5.11 Å². The zero-order chi connectivity index (χ0) is 10.4. The summed E-state index contributed by atoms with van der Waals surface area (Å²) in [7, 11) is 0. The van der Waals surface area contributed by atoms with Crippen molar-refractivity contribution in [3.8, 4) is 0 Å². The van der Waals surface area contributed by atoms with Crippen molar-refractivity contribution in [2.45, 2.75) is 45.6 Å². The second kappa shape index (κ2) is 6.02. The molecule has 82 valence electrons. The molecule has 3 heteroatoms. The molecule has 0 saturated heterocycles. The molecule has 0 aliphatic heterocycles. The van der Waals surface area contributed by atoms with E-state index in [9.17, 15) is 0 Å². The third-order valence-corrected chi connectivity index (χ3v) is 2.91. The quantitative estimate of drug-likeness (QED) is 0.534. The average Bonchev–Trinajstić information content (AvgIpc) is 2.21. The summed E-state index contributed by atoms with van der Waals surface area (Å²) in [6.45, 7) is 4.37. The highest BCUT2D eigenvalue weighted by molar-refractivity contribution is 5.60. The highest BCUT2D eigenvalue weighted by atomic mass is 16.3. The summed E-state index contributed by atoms with van der Waals surface area (Å²) in [6, 6.07) is 0.0637. The summed E-state index contributed by atoms with van der Waals surface area (Å²) in [5.41, 5.74) is 2.91. The topological polar surface area (TPSA) is 44.6 Å². The van der Waals surface area contributed by atoms with Gasteiger partial charge in [0.05, 0.1) is 12.6 Å². The summed E-state index contributed by atoms with van der Waals surface area (Å²) in [6.07, 6.45) is 7.19. The molecule has 1 aliphatic rings. The lowest BCUT2D eigenvalue weighted by molar-refractivity contribution is 0.253. The van der Waals surface area contributed by atoms with E-state index in [-0.39, 0.29) is 12.6 Å². The number of hydrogen-bond donors (Lipinski definition) is 2. The van der Waals surface area contributed by atoms with Gasteiger partial charge in [0.1, 0.15) is 0 Å². The second-order valence-corrected chi connectivity index (χ2v) is 4.51. The van der Waals surface area contributed by atoms with Crippen LogP contribution in [0.4, 0.5) is 0 Å². The van der Waals surface area contributed by atoms with Crippen molar-refractivity contribution in [2.24, 2.45) is 16.9 Å². The molecule has 0 amide bonds. The van der Waals surface area contributed by atoms with Crippen molar-refractivity contribution >= 4 is 6.21 Å². The number of aliphatic hydroxyl groups excluding tert-OH is 1. The number of rotatable bonds is 4. The van der Waals surface area contributed by atoms with Gasteiger partial charge < -0.3 is 10.5 Å². The first kappa shape index (κ1) is 11.5. The molecule has 0 radical (unpaired) electrons. The first-order valence-corrected chi connectivity index (χ1v) is 5.62. The SMILES string of the molecule is CC1CCC(/C=N/N[C@H](C)CO)CC1. The first-order valence-electron chi connectivity index (χ1n) is 5.62. The molecule has 0 aromatic carbocycles. The lowest BCUT2D eigenvalue weighted by atomic mass is 9.84. The van der Waals surface area contributed by atoms with Gasteiger partial charge in [-0.05, 0) is 31.6 Å². The summed E-state index contributed by atoms with van der Waals surface area (Å²) in [5, 5.41) is 12.9. The minimum Gasteiger partial charge on any atom is -0.394 e. The van der Waals surface area contributed by atoms with Crippen molar-refractivity contribution in [3.63, 3.8) is 0 Å². The van der Waals surface area contributed by atoms with Crippen LogP contribution in [0.2, 0.25) is 0 Å². The predicted molar refractivity (Wildman–Crippen MR) is 59.3 cm³/mol. The van der Waals surface area contributed by atoms with Crippen molar-refractivity contribution in [1.29, 1.82) is 0 Å². The van der Waals surface area contributed by atoms with Crippen molar-refractivity contribution in [3.05, 3.63) is 0 Å². The molecule has 0 heterocycles. The van der Waals surface area contributed by atoms with Crippen LogP contribution in [0.25, 0.3) is 0 Å². The number of hydrogen-bond acceptors (Lipinski definition) is 3. The maximum Gasteiger partial charge on any atom is 0.0646 e. The maximum atomic E-state index is 8.77. The zero-order valence-corrected chi connectivity index (χ0v) is 9.24. The van der Waals surface area contributed by atoms with Gasteiger partial charge in [-0.15, -0.1) is 0 Å². The van der Waals surface area contributed by atoms with E-state index in [1.807, 2.05) is 13.1 Å². The smallest absolute Gasteiger partial charge is 0.0646 e. The van der Waals surface area contributed by atoms with E-state index >= 15 is 0 Å². The van der Waals surface area contributed by atoms with Crippen LogP contribution in [0.3, 0.4) is 0 Å². The molecule has 2 N–H and O–H groups in total. The van der Waals surface area contributed by atoms with E-state index in [2.05, 4.69) is 17.5 Å². The molecule has 0 unspecified atom stereocenters. The Morgan fingerprint density at radius 2 is 2.07 bits per heavy atom. The fourth-order valence-electron chi connectivity index (χ4n) is 1.75. The second-order valence-electron chi connectivity index (χ2n) is 4.51. The van der Waals surface area contributed by atoms with E-state index in [1.165, 1.54) is 25.7 Å². The normalized spacial score (nSPS) is 30.5. The Morgan fingerprint density at radius 3 is 2.64 bits per heavy atom. The van der Waals surface area contributed by atoms with Crippen molar-refractivity contribution in [2.75, 3.05) is 6.61 Å². The Balaban J connectivity index is 2.17. The molecule has 0 aromatic heterocycles. The summed E-state index contributed by atoms with van der Waals surface area (Å²) >= 11 is 0. The Labute approximate surface area is 86.6 Å². The van der Waals surface area contributed by atoms with Crippen LogP contribution in [0.15, 0.2) is 5.10 Å². The standard InChI is InChI=1S/C11H22N2O/c1-9-3-5-11(6-4-9)7-12-13-10(2)8-14/h7,9-11,13-14H,3-6,8H2,1-2H3/b12-7+/t9?,10-,11?/m1/s1. The van der Waals surface area contributed by atoms with E-state index in [0.717, 1.165) is 5.92 Å². The minimum atomic E-state index is 0.0637. The van der Waals surface area contributed by atoms with Gasteiger partial charge in [-0.3, -0.25) is 0 Å². The van der Waals surface area contributed by atoms with Crippen molar-refractivity contribution < 1.29 is 5.11 Å². The van der Waals surface area contributed by atoms with Gasteiger partial charge in [-0.2, -0.15) is 5.10 Å². The Hall–Kier alpha value is -0.570. The lowest BCUT2D eigenvalue weighted by Crippen LogP contribution is -2.25. The minimum absolute atomic E-state index is 0.0637. The van der Waals surface area contributed by atoms with Crippen LogP contribution >= 0.6 is 0 Å². The lowest BCUT2D eigenvalue weighted by Gasteiger charge is -2.23. The highest BCUT2D eigenvalue weighted by Crippen LogP contribution is 2.26. The van der Waals surface area contributed by atoms with Gasteiger partial charge in [0, 0.05) is 6.21 Å². The van der Waals surface area contributed by atoms with E-state index in [1.54, 1.807) is 0 Å². The summed E-state index contributed by atoms with van der Waals surface area (Å²) < 4.78 is 0. The van der Waals surface area contributed by atoms with Gasteiger partial charge in [0.15, 0.2) is 0 Å². The van der Waals surface area contributed by atoms with Crippen LogP contribution in [-0.2, 0) is 0 Å². The molecule has 3 nitrogen and oxygen atoms in total. The summed E-state index contributed by atoms with van der Waals surface area (Å²) in [4.78, 5) is 0. The predicted octanol–water partition coefficient (Wildman–Crippen LogP) is 1.77. The summed E-state index contributed by atoms with van der Waals surface area (Å²) in [5.74, 6) is 1.54. The van der Waals surface area contributed by atoms with Crippen LogP contribution in [-0.4, -0.2) is 24.0 Å². The fourth-order valence-corrected chi connectivity index (χ4v) is 1.75. The Bertz CT molecular complexity index is 174. The van der Waals surface area contributed by atoms with Gasteiger partial charge in [-0.25, -0.2) is 0 Å². The van der Waals surface area contributed by atoms with Gasteiger partial charge >= 0.3 is 0 Å². The Kier molecular flexibility index (Phi) is 4.94. The first-order chi connectivity index (χ1) is 6.72. The molecular weight excluding hydrogens is 176 g/mol. The Morgan fingerprint density at radius 1 is 1.43 bits per heavy atom. The molecule has 0 bridgehead atoms. The van der Waals surface area contributed by atoms with Gasteiger partial charge in [0.25, 0.3) is 0 Å². The van der Waals surface area contributed by atoms with Gasteiger partial charge in [0.2, 0.25) is 0 Å². The monoisotopic (exact) mass is 198 g/mol. The maximum absolute atomic E-state index is 8.77. The molecule has 1 aliphatic carbocycles. The third-order valence-electron chi connectivity index (χ3n) is 2.91. The molecule has 1 atom stereocenters. The molecule has 1 rings (SSSR count). The fraction of sp³-hybridized carbons (Fsp3) is 0.909. The highest BCUT2D eigenvalue weighted by Gasteiger charge is 2.16. The van der Waals surface area contributed by atoms with Crippen LogP contribution < -0.4 is 5.43 Å². The third kappa shape index (κ3) is 4.09. The average molecular weight is 198 g/mol.